The lowest BCUT2D eigenvalue weighted by Gasteiger charge is -2.29. The highest BCUT2D eigenvalue weighted by Crippen LogP contribution is 2.36. The summed E-state index contributed by atoms with van der Waals surface area (Å²) in [5.41, 5.74) is 0.843. The molecular formula is C15H24N4O. The highest BCUT2D eigenvalue weighted by atomic mass is 16.2. The number of hydrogen-bond acceptors (Lipinski definition) is 3. The fraction of sp³-hybridized carbons (Fsp3) is 0.667. The normalized spacial score (nSPS) is 20.1. The van der Waals surface area contributed by atoms with Gasteiger partial charge in [0.1, 0.15) is 5.69 Å². The summed E-state index contributed by atoms with van der Waals surface area (Å²) >= 11 is 0. The van der Waals surface area contributed by atoms with Crippen molar-refractivity contribution in [3.8, 4) is 0 Å². The molecule has 0 radical (unpaired) electrons. The van der Waals surface area contributed by atoms with E-state index in [1.165, 1.54) is 12.8 Å². The van der Waals surface area contributed by atoms with E-state index >= 15 is 0 Å². The van der Waals surface area contributed by atoms with Crippen molar-refractivity contribution in [3.63, 3.8) is 0 Å². The predicted octanol–water partition coefficient (Wildman–Crippen LogP) is 0.800. The summed E-state index contributed by atoms with van der Waals surface area (Å²) in [4.78, 5) is 16.8. The van der Waals surface area contributed by atoms with Gasteiger partial charge in [-0.15, -0.1) is 0 Å². The minimum Gasteiger partial charge on any atom is -0.340 e. The molecule has 0 aromatic carbocycles. The van der Waals surface area contributed by atoms with Crippen LogP contribution in [0.25, 0.3) is 0 Å². The first-order valence-electron chi connectivity index (χ1n) is 7.61. The molecule has 1 saturated carbocycles. The molecule has 1 amide bonds. The second-order valence-electron chi connectivity index (χ2n) is 5.85. The lowest BCUT2D eigenvalue weighted by molar-refractivity contribution is 0.0764. The summed E-state index contributed by atoms with van der Waals surface area (Å²) in [5, 5.41) is 3.35. The van der Waals surface area contributed by atoms with E-state index in [-0.39, 0.29) is 5.91 Å². The van der Waals surface area contributed by atoms with Crippen LogP contribution in [-0.4, -0.2) is 66.6 Å². The number of rotatable bonds is 5. The van der Waals surface area contributed by atoms with Crippen molar-refractivity contribution >= 4 is 5.91 Å². The first-order chi connectivity index (χ1) is 9.75. The molecule has 0 bridgehead atoms. The molecule has 0 atom stereocenters. The zero-order valence-corrected chi connectivity index (χ0v) is 12.2. The van der Waals surface area contributed by atoms with Gasteiger partial charge in [0, 0.05) is 58.6 Å². The Hall–Kier alpha value is -1.33. The molecule has 1 aromatic heterocycles. The summed E-state index contributed by atoms with van der Waals surface area (Å²) in [5.74, 6) is 0.150. The minimum absolute atomic E-state index is 0.150. The van der Waals surface area contributed by atoms with E-state index < -0.39 is 0 Å². The Bertz CT molecular complexity index is 460. The van der Waals surface area contributed by atoms with Crippen LogP contribution in [0, 0.1) is 0 Å². The van der Waals surface area contributed by atoms with E-state index in [9.17, 15) is 4.79 Å². The topological polar surface area (TPSA) is 40.5 Å². The average molecular weight is 276 g/mol. The number of nitrogens with one attached hydrogen (secondary N) is 1. The van der Waals surface area contributed by atoms with Crippen molar-refractivity contribution < 1.29 is 4.79 Å². The second-order valence-corrected chi connectivity index (χ2v) is 5.85. The molecule has 3 rings (SSSR count). The molecule has 5 nitrogen and oxygen atoms in total. The summed E-state index contributed by atoms with van der Waals surface area (Å²) < 4.78 is 2.14. The van der Waals surface area contributed by atoms with Crippen molar-refractivity contribution in [2.75, 3.05) is 46.3 Å². The largest absolute Gasteiger partial charge is 0.340 e. The first kappa shape index (κ1) is 13.6. The number of carbonyl (C=O) groups excluding carboxylic acids is 1. The van der Waals surface area contributed by atoms with Crippen LogP contribution >= 0.6 is 0 Å². The van der Waals surface area contributed by atoms with Gasteiger partial charge in [-0.1, -0.05) is 0 Å². The highest BCUT2D eigenvalue weighted by molar-refractivity contribution is 5.92. The Labute approximate surface area is 120 Å². The third-order valence-electron chi connectivity index (χ3n) is 4.25. The molecule has 2 heterocycles. The maximum Gasteiger partial charge on any atom is 0.270 e. The van der Waals surface area contributed by atoms with E-state index in [1.807, 2.05) is 30.3 Å². The van der Waals surface area contributed by atoms with Crippen LogP contribution in [-0.2, 0) is 0 Å². The standard InChI is InChI=1S/C15H24N4O/c1-17(11-12-18-9-6-16-7-10-18)15(20)14-3-2-8-19(14)13-4-5-13/h2-3,8,13,16H,4-7,9-12H2,1H3. The van der Waals surface area contributed by atoms with Gasteiger partial charge in [-0.3, -0.25) is 9.69 Å². The van der Waals surface area contributed by atoms with Crippen LogP contribution in [0.15, 0.2) is 18.3 Å². The molecule has 1 aliphatic carbocycles. The Morgan fingerprint density at radius 1 is 1.40 bits per heavy atom. The molecule has 20 heavy (non-hydrogen) atoms. The van der Waals surface area contributed by atoms with Crippen molar-refractivity contribution in [3.05, 3.63) is 24.0 Å². The minimum atomic E-state index is 0.150. The molecule has 1 aromatic rings. The fourth-order valence-electron chi connectivity index (χ4n) is 2.77. The number of likely N-dealkylation sites (N-methyl/N-ethyl adjacent to an activating group) is 1. The lowest BCUT2D eigenvalue weighted by atomic mass is 10.3. The van der Waals surface area contributed by atoms with Crippen LogP contribution in [0.3, 0.4) is 0 Å². The van der Waals surface area contributed by atoms with Gasteiger partial charge in [-0.05, 0) is 25.0 Å². The summed E-state index contributed by atoms with van der Waals surface area (Å²) in [6.07, 6.45) is 4.45. The van der Waals surface area contributed by atoms with Gasteiger partial charge in [-0.25, -0.2) is 0 Å². The molecule has 0 spiro atoms. The Kier molecular flexibility index (Phi) is 4.08. The Balaban J connectivity index is 1.54. The zero-order valence-electron chi connectivity index (χ0n) is 12.2. The average Bonchev–Trinajstić information content (AvgIpc) is 3.22. The van der Waals surface area contributed by atoms with Crippen LogP contribution in [0.1, 0.15) is 29.4 Å². The molecule has 1 aliphatic heterocycles. The number of piperazine rings is 1. The smallest absolute Gasteiger partial charge is 0.270 e. The van der Waals surface area contributed by atoms with E-state index in [2.05, 4.69) is 14.8 Å². The van der Waals surface area contributed by atoms with Gasteiger partial charge in [-0.2, -0.15) is 0 Å². The molecule has 2 aliphatic rings. The van der Waals surface area contributed by atoms with Gasteiger partial charge in [0.25, 0.3) is 5.91 Å². The summed E-state index contributed by atoms with van der Waals surface area (Å²) in [7, 11) is 1.91. The van der Waals surface area contributed by atoms with E-state index in [0.717, 1.165) is 45.0 Å². The molecule has 5 heteroatoms. The summed E-state index contributed by atoms with van der Waals surface area (Å²) in [6, 6.07) is 4.49. The highest BCUT2D eigenvalue weighted by Gasteiger charge is 2.27. The number of hydrogen-bond donors (Lipinski definition) is 1. The zero-order chi connectivity index (χ0) is 13.9. The lowest BCUT2D eigenvalue weighted by Crippen LogP contribution is -2.46. The van der Waals surface area contributed by atoms with E-state index in [1.54, 1.807) is 0 Å². The van der Waals surface area contributed by atoms with Crippen molar-refractivity contribution in [1.29, 1.82) is 0 Å². The molecule has 1 N–H and O–H groups in total. The monoisotopic (exact) mass is 276 g/mol. The van der Waals surface area contributed by atoms with Gasteiger partial charge < -0.3 is 14.8 Å². The van der Waals surface area contributed by atoms with E-state index in [0.29, 0.717) is 6.04 Å². The second kappa shape index (κ2) is 5.97. The Morgan fingerprint density at radius 3 is 2.85 bits per heavy atom. The van der Waals surface area contributed by atoms with Crippen LogP contribution < -0.4 is 5.32 Å². The number of amides is 1. The third-order valence-corrected chi connectivity index (χ3v) is 4.25. The number of aromatic nitrogens is 1. The molecule has 2 fully saturated rings. The molecule has 110 valence electrons. The quantitative estimate of drug-likeness (QED) is 0.865. The first-order valence-corrected chi connectivity index (χ1v) is 7.61. The van der Waals surface area contributed by atoms with E-state index in [4.69, 9.17) is 0 Å². The summed E-state index contributed by atoms with van der Waals surface area (Å²) in [6.45, 7) is 6.05. The van der Waals surface area contributed by atoms with Crippen molar-refractivity contribution in [2.24, 2.45) is 0 Å². The third kappa shape index (κ3) is 3.04. The van der Waals surface area contributed by atoms with Crippen molar-refractivity contribution in [1.82, 2.24) is 19.7 Å². The van der Waals surface area contributed by atoms with Crippen molar-refractivity contribution in [2.45, 2.75) is 18.9 Å². The maximum atomic E-state index is 12.5. The molecule has 1 saturated heterocycles. The van der Waals surface area contributed by atoms with Crippen LogP contribution in [0.5, 0.6) is 0 Å². The van der Waals surface area contributed by atoms with Gasteiger partial charge in [0.05, 0.1) is 0 Å². The predicted molar refractivity (Wildman–Crippen MR) is 79.0 cm³/mol. The number of nitrogens with zero attached hydrogens (tertiary/aromatic N) is 3. The van der Waals surface area contributed by atoms with Gasteiger partial charge in [0.15, 0.2) is 0 Å². The number of carbonyl (C=O) groups is 1. The van der Waals surface area contributed by atoms with Gasteiger partial charge in [0.2, 0.25) is 0 Å². The molecule has 0 unspecified atom stereocenters. The van der Waals surface area contributed by atoms with Gasteiger partial charge >= 0.3 is 0 Å². The molecular weight excluding hydrogens is 252 g/mol. The Morgan fingerprint density at radius 2 is 2.15 bits per heavy atom. The van der Waals surface area contributed by atoms with Crippen LogP contribution in [0.4, 0.5) is 0 Å². The fourth-order valence-corrected chi connectivity index (χ4v) is 2.77. The van der Waals surface area contributed by atoms with Crippen LogP contribution in [0.2, 0.25) is 0 Å². The maximum absolute atomic E-state index is 12.5. The SMILES string of the molecule is CN(CCN1CCNCC1)C(=O)c1cccn1C1CC1.